The fourth-order valence-electron chi connectivity index (χ4n) is 2.63. The minimum atomic E-state index is -0.267. The summed E-state index contributed by atoms with van der Waals surface area (Å²) in [5.74, 6) is 0.635. The molecule has 0 radical (unpaired) electrons. The maximum Gasteiger partial charge on any atom is 0.337 e. The number of carbonyl (C=O) groups is 1. The Morgan fingerprint density at radius 1 is 1.43 bits per heavy atom. The van der Waals surface area contributed by atoms with Crippen LogP contribution in [0.4, 0.5) is 0 Å². The van der Waals surface area contributed by atoms with Crippen LogP contribution in [0.3, 0.4) is 0 Å². The van der Waals surface area contributed by atoms with Gasteiger partial charge in [0, 0.05) is 20.1 Å². The zero-order valence-electron chi connectivity index (χ0n) is 12.4. The summed E-state index contributed by atoms with van der Waals surface area (Å²) < 4.78 is 10.5. The van der Waals surface area contributed by atoms with E-state index in [1.54, 1.807) is 6.21 Å². The molecular weight excluding hydrogens is 272 g/mol. The van der Waals surface area contributed by atoms with Gasteiger partial charge in [-0.05, 0) is 6.92 Å². The highest BCUT2D eigenvalue weighted by molar-refractivity contribution is 5.98. The van der Waals surface area contributed by atoms with Crippen LogP contribution in [0, 0.1) is 0 Å². The third-order valence-electron chi connectivity index (χ3n) is 3.72. The van der Waals surface area contributed by atoms with E-state index < -0.39 is 0 Å². The Kier molecular flexibility index (Phi) is 3.94. The summed E-state index contributed by atoms with van der Waals surface area (Å²) in [5.41, 5.74) is 1.45. The van der Waals surface area contributed by atoms with Gasteiger partial charge in [-0.1, -0.05) is 0 Å². The van der Waals surface area contributed by atoms with Crippen molar-refractivity contribution < 1.29 is 14.3 Å². The third kappa shape index (κ3) is 2.66. The van der Waals surface area contributed by atoms with Gasteiger partial charge in [-0.25, -0.2) is 14.8 Å². The van der Waals surface area contributed by atoms with Crippen LogP contribution in [0.5, 0.6) is 0 Å². The van der Waals surface area contributed by atoms with E-state index in [2.05, 4.69) is 9.89 Å². The monoisotopic (exact) mass is 292 g/mol. The SMILES string of the molecule is CCOC(=O)C1=C2C=NC(N3CCOCC3)=CN2N(C)C1. The molecule has 7 nitrogen and oxygen atoms in total. The Bertz CT molecular complexity index is 520. The van der Waals surface area contributed by atoms with Crippen LogP contribution in [0.1, 0.15) is 6.92 Å². The summed E-state index contributed by atoms with van der Waals surface area (Å²) in [6, 6.07) is 0. The summed E-state index contributed by atoms with van der Waals surface area (Å²) in [5, 5.41) is 3.94. The van der Waals surface area contributed by atoms with Gasteiger partial charge < -0.3 is 14.4 Å². The third-order valence-corrected chi connectivity index (χ3v) is 3.72. The second kappa shape index (κ2) is 5.87. The lowest BCUT2D eigenvalue weighted by Crippen LogP contribution is -2.38. The number of carbonyl (C=O) groups excluding carboxylic acids is 1. The zero-order valence-corrected chi connectivity index (χ0v) is 12.4. The summed E-state index contributed by atoms with van der Waals surface area (Å²) in [4.78, 5) is 18.7. The predicted octanol–water partition coefficient (Wildman–Crippen LogP) is 0.182. The van der Waals surface area contributed by atoms with Crippen LogP contribution >= 0.6 is 0 Å². The predicted molar refractivity (Wildman–Crippen MR) is 77.1 cm³/mol. The van der Waals surface area contributed by atoms with Crippen molar-refractivity contribution in [1.29, 1.82) is 0 Å². The minimum absolute atomic E-state index is 0.267. The maximum absolute atomic E-state index is 12.0. The molecule has 0 spiro atoms. The minimum Gasteiger partial charge on any atom is -0.463 e. The highest BCUT2D eigenvalue weighted by atomic mass is 16.5. The number of aliphatic imine (C=N–C) groups is 1. The smallest absolute Gasteiger partial charge is 0.337 e. The molecule has 1 fully saturated rings. The summed E-state index contributed by atoms with van der Waals surface area (Å²) in [6.07, 6.45) is 3.72. The van der Waals surface area contributed by atoms with E-state index in [1.165, 1.54) is 0 Å². The van der Waals surface area contributed by atoms with Gasteiger partial charge in [-0.15, -0.1) is 0 Å². The number of hydrazine groups is 1. The van der Waals surface area contributed by atoms with Crippen molar-refractivity contribution in [2.45, 2.75) is 6.92 Å². The first-order valence-electron chi connectivity index (χ1n) is 7.20. The van der Waals surface area contributed by atoms with Gasteiger partial charge in [0.05, 0.1) is 50.1 Å². The second-order valence-corrected chi connectivity index (χ2v) is 5.09. The van der Waals surface area contributed by atoms with Crippen molar-refractivity contribution in [2.24, 2.45) is 4.99 Å². The molecule has 7 heteroatoms. The number of nitrogens with zero attached hydrogens (tertiary/aromatic N) is 4. The van der Waals surface area contributed by atoms with E-state index >= 15 is 0 Å². The molecule has 3 rings (SSSR count). The fourth-order valence-corrected chi connectivity index (χ4v) is 2.63. The molecular formula is C14H20N4O3. The molecule has 1 saturated heterocycles. The van der Waals surface area contributed by atoms with Crippen molar-refractivity contribution in [3.05, 3.63) is 23.3 Å². The van der Waals surface area contributed by atoms with Gasteiger partial charge in [0.25, 0.3) is 0 Å². The van der Waals surface area contributed by atoms with Gasteiger partial charge in [0.1, 0.15) is 5.82 Å². The quantitative estimate of drug-likeness (QED) is 0.692. The molecule has 3 heterocycles. The largest absolute Gasteiger partial charge is 0.463 e. The first-order chi connectivity index (χ1) is 10.2. The molecule has 3 aliphatic heterocycles. The van der Waals surface area contributed by atoms with Crippen molar-refractivity contribution >= 4 is 12.2 Å². The Morgan fingerprint density at radius 2 is 2.19 bits per heavy atom. The molecule has 0 aromatic rings. The fraction of sp³-hybridized carbons (Fsp3) is 0.571. The van der Waals surface area contributed by atoms with E-state index in [4.69, 9.17) is 9.47 Å². The molecule has 21 heavy (non-hydrogen) atoms. The second-order valence-electron chi connectivity index (χ2n) is 5.09. The number of hydrogen-bond acceptors (Lipinski definition) is 7. The Hall–Kier alpha value is -1.86. The summed E-state index contributed by atoms with van der Waals surface area (Å²) in [6.45, 7) is 5.84. The van der Waals surface area contributed by atoms with Gasteiger partial charge >= 0.3 is 5.97 Å². The number of rotatable bonds is 3. The van der Waals surface area contributed by atoms with E-state index in [1.807, 2.05) is 30.2 Å². The summed E-state index contributed by atoms with van der Waals surface area (Å²) in [7, 11) is 1.94. The molecule has 0 unspecified atom stereocenters. The number of ether oxygens (including phenoxy) is 2. The van der Waals surface area contributed by atoms with Crippen LogP contribution < -0.4 is 0 Å². The number of allylic oxidation sites excluding steroid dienone is 1. The molecule has 0 bridgehead atoms. The normalized spacial score (nSPS) is 22.5. The van der Waals surface area contributed by atoms with E-state index in [0.717, 1.165) is 37.8 Å². The number of esters is 1. The Labute approximate surface area is 124 Å². The lowest BCUT2D eigenvalue weighted by Gasteiger charge is -2.33. The first kappa shape index (κ1) is 14.1. The summed E-state index contributed by atoms with van der Waals surface area (Å²) >= 11 is 0. The number of hydrogen-bond donors (Lipinski definition) is 0. The van der Waals surface area contributed by atoms with Crippen molar-refractivity contribution in [3.8, 4) is 0 Å². The van der Waals surface area contributed by atoms with E-state index in [9.17, 15) is 4.79 Å². The zero-order chi connectivity index (χ0) is 14.8. The van der Waals surface area contributed by atoms with Crippen LogP contribution in [-0.2, 0) is 14.3 Å². The molecule has 0 aromatic heterocycles. The Balaban J connectivity index is 1.81. The van der Waals surface area contributed by atoms with Crippen LogP contribution in [0.2, 0.25) is 0 Å². The van der Waals surface area contributed by atoms with Gasteiger partial charge in [-0.3, -0.25) is 5.01 Å². The number of fused-ring (bicyclic) bond motifs is 1. The highest BCUT2D eigenvalue weighted by Crippen LogP contribution is 2.27. The first-order valence-corrected chi connectivity index (χ1v) is 7.20. The molecule has 3 aliphatic rings. The molecule has 0 aromatic carbocycles. The molecule has 0 saturated carbocycles. The van der Waals surface area contributed by atoms with Crippen molar-refractivity contribution in [3.63, 3.8) is 0 Å². The van der Waals surface area contributed by atoms with E-state index in [-0.39, 0.29) is 5.97 Å². The molecule has 0 aliphatic carbocycles. The molecule has 0 amide bonds. The topological polar surface area (TPSA) is 57.6 Å². The van der Waals surface area contributed by atoms with Crippen LogP contribution in [0.25, 0.3) is 0 Å². The van der Waals surface area contributed by atoms with E-state index in [0.29, 0.717) is 18.7 Å². The average molecular weight is 292 g/mol. The lowest BCUT2D eigenvalue weighted by atomic mass is 10.2. The number of morpholine rings is 1. The lowest BCUT2D eigenvalue weighted by molar-refractivity contribution is -0.138. The maximum atomic E-state index is 12.0. The van der Waals surface area contributed by atoms with Gasteiger partial charge in [0.2, 0.25) is 0 Å². The Morgan fingerprint density at radius 3 is 2.90 bits per heavy atom. The highest BCUT2D eigenvalue weighted by Gasteiger charge is 2.33. The van der Waals surface area contributed by atoms with Gasteiger partial charge in [0.15, 0.2) is 0 Å². The van der Waals surface area contributed by atoms with Crippen molar-refractivity contribution in [2.75, 3.05) is 46.5 Å². The average Bonchev–Trinajstić information content (AvgIpc) is 2.85. The number of likely N-dealkylation sites (N-methyl/N-ethyl adjacent to an activating group) is 1. The van der Waals surface area contributed by atoms with Crippen LogP contribution in [0.15, 0.2) is 28.3 Å². The van der Waals surface area contributed by atoms with Crippen molar-refractivity contribution in [1.82, 2.24) is 14.9 Å². The standard InChI is InChI=1S/C14H20N4O3/c1-3-21-14(19)11-9-16(2)18-10-13(15-8-12(11)18)17-4-6-20-7-5-17/h8,10H,3-7,9H2,1-2H3. The molecule has 0 N–H and O–H groups in total. The van der Waals surface area contributed by atoms with Crippen LogP contribution in [-0.4, -0.2) is 73.6 Å². The van der Waals surface area contributed by atoms with Gasteiger partial charge in [-0.2, -0.15) is 0 Å². The molecule has 114 valence electrons. The molecule has 0 atom stereocenters.